The maximum absolute atomic E-state index is 12.6. The number of amides is 1. The number of fused-ring (bicyclic) bond motifs is 1. The van der Waals surface area contributed by atoms with E-state index in [0.29, 0.717) is 5.92 Å². The molecule has 0 unspecified atom stereocenters. The second-order valence-electron chi connectivity index (χ2n) is 9.38. The molecule has 1 aromatic carbocycles. The van der Waals surface area contributed by atoms with E-state index in [2.05, 4.69) is 22.8 Å². The second-order valence-corrected chi connectivity index (χ2v) is 10.2. The Labute approximate surface area is 223 Å². The third-order valence-corrected chi connectivity index (χ3v) is 7.51. The maximum atomic E-state index is 12.6. The first kappa shape index (κ1) is 27.1. The molecule has 1 saturated carbocycles. The molecule has 1 aliphatic carbocycles. The molecular weight excluding hydrogens is 523 g/mol. The van der Waals surface area contributed by atoms with Crippen LogP contribution in [0.5, 0.6) is 0 Å². The van der Waals surface area contributed by atoms with Crippen LogP contribution >= 0.6 is 23.2 Å². The van der Waals surface area contributed by atoms with Crippen LogP contribution in [0.4, 0.5) is 11.5 Å². The molecule has 3 N–H and O–H groups in total. The molecular formula is C25H28Cl2N4O6. The Morgan fingerprint density at radius 3 is 2.78 bits per heavy atom. The lowest BCUT2D eigenvalue weighted by atomic mass is 9.79. The summed E-state index contributed by atoms with van der Waals surface area (Å²) >= 11 is 12.0. The lowest BCUT2D eigenvalue weighted by Crippen LogP contribution is -2.42. The number of benzene rings is 1. The minimum Gasteiger partial charge on any atom is -0.480 e. The third-order valence-electron chi connectivity index (χ3n) is 6.81. The summed E-state index contributed by atoms with van der Waals surface area (Å²) in [6.07, 6.45) is 6.00. The molecule has 37 heavy (non-hydrogen) atoms. The van der Waals surface area contributed by atoms with Crippen molar-refractivity contribution in [2.75, 3.05) is 18.5 Å². The number of aromatic nitrogens is 1. The van der Waals surface area contributed by atoms with Gasteiger partial charge in [0.15, 0.2) is 0 Å². The van der Waals surface area contributed by atoms with Gasteiger partial charge in [-0.2, -0.15) is 0 Å². The van der Waals surface area contributed by atoms with Crippen molar-refractivity contribution in [3.05, 3.63) is 61.2 Å². The fraction of sp³-hybridized carbons (Fsp3) is 0.480. The molecule has 12 heteroatoms. The number of aliphatic carboxylic acids is 1. The Hall–Kier alpha value is -2.95. The van der Waals surface area contributed by atoms with Crippen molar-refractivity contribution in [1.29, 1.82) is 0 Å². The highest BCUT2D eigenvalue weighted by Crippen LogP contribution is 2.35. The summed E-state index contributed by atoms with van der Waals surface area (Å²) in [5.41, 5.74) is 1.53. The highest BCUT2D eigenvalue weighted by Gasteiger charge is 2.31. The minimum atomic E-state index is -1.27. The molecule has 1 aromatic heterocycles. The summed E-state index contributed by atoms with van der Waals surface area (Å²) in [6, 6.07) is 5.25. The Morgan fingerprint density at radius 1 is 1.27 bits per heavy atom. The number of nitro benzene ring substituents is 1. The summed E-state index contributed by atoms with van der Waals surface area (Å²) in [7, 11) is 0. The molecule has 2 aliphatic rings. The van der Waals surface area contributed by atoms with Crippen LogP contribution < -0.4 is 10.6 Å². The number of aryl methyl sites for hydroxylation is 2. The minimum absolute atomic E-state index is 0.0262. The average molecular weight is 551 g/mol. The predicted molar refractivity (Wildman–Crippen MR) is 138 cm³/mol. The van der Waals surface area contributed by atoms with Gasteiger partial charge in [0.25, 0.3) is 11.6 Å². The number of anilines is 1. The molecule has 0 radical (unpaired) electrons. The number of nitrogens with zero attached hydrogens (tertiary/aromatic N) is 2. The van der Waals surface area contributed by atoms with Gasteiger partial charge in [-0.15, -0.1) is 0 Å². The van der Waals surface area contributed by atoms with Gasteiger partial charge in [-0.05, 0) is 62.1 Å². The van der Waals surface area contributed by atoms with E-state index in [9.17, 15) is 24.8 Å². The smallest absolute Gasteiger partial charge is 0.326 e. The summed E-state index contributed by atoms with van der Waals surface area (Å²) in [4.78, 5) is 39.4. The van der Waals surface area contributed by atoms with E-state index in [0.717, 1.165) is 62.6 Å². The van der Waals surface area contributed by atoms with Crippen LogP contribution in [-0.2, 0) is 22.4 Å². The van der Waals surface area contributed by atoms with E-state index in [1.807, 2.05) is 0 Å². The number of nitro groups is 1. The van der Waals surface area contributed by atoms with E-state index in [1.54, 1.807) is 0 Å². The van der Waals surface area contributed by atoms with Gasteiger partial charge in [-0.25, -0.2) is 9.78 Å². The lowest BCUT2D eigenvalue weighted by Gasteiger charge is -2.35. The average Bonchev–Trinajstić information content (AvgIpc) is 2.83. The van der Waals surface area contributed by atoms with Crippen LogP contribution in [0.1, 0.15) is 53.7 Å². The van der Waals surface area contributed by atoms with Gasteiger partial charge in [0, 0.05) is 31.3 Å². The van der Waals surface area contributed by atoms with Crippen LogP contribution in [0.3, 0.4) is 0 Å². The number of carbonyl (C=O) groups excluding carboxylic acids is 1. The van der Waals surface area contributed by atoms with Crippen molar-refractivity contribution in [2.24, 2.45) is 5.92 Å². The Kier molecular flexibility index (Phi) is 8.83. The SMILES string of the molecule is O=C(N[C@@H](CCO[C@H]1C[C@@H](CCc2ccc3c(n2)NCCC3)C1)C(=O)O)c1c(Cl)ccc([N+](=O)[O-])c1Cl. The molecule has 4 rings (SSSR count). The van der Waals surface area contributed by atoms with Crippen molar-refractivity contribution < 1.29 is 24.4 Å². The quantitative estimate of drug-likeness (QED) is 0.270. The number of nitrogens with one attached hydrogen (secondary N) is 2. The van der Waals surface area contributed by atoms with Crippen molar-refractivity contribution >= 4 is 46.6 Å². The van der Waals surface area contributed by atoms with Crippen molar-refractivity contribution in [2.45, 2.75) is 57.1 Å². The van der Waals surface area contributed by atoms with E-state index >= 15 is 0 Å². The Morgan fingerprint density at radius 2 is 2.05 bits per heavy atom. The molecule has 0 bridgehead atoms. The van der Waals surface area contributed by atoms with Crippen LogP contribution in [0.2, 0.25) is 10.0 Å². The molecule has 1 aliphatic heterocycles. The van der Waals surface area contributed by atoms with Crippen molar-refractivity contribution in [1.82, 2.24) is 10.3 Å². The zero-order valence-corrected chi connectivity index (χ0v) is 21.6. The summed E-state index contributed by atoms with van der Waals surface area (Å²) < 4.78 is 5.82. The van der Waals surface area contributed by atoms with Crippen LogP contribution in [0, 0.1) is 16.0 Å². The first-order chi connectivity index (χ1) is 17.7. The third kappa shape index (κ3) is 6.68. The number of carboxylic acid groups (broad SMARTS) is 1. The van der Waals surface area contributed by atoms with Crippen molar-refractivity contribution in [3.63, 3.8) is 0 Å². The van der Waals surface area contributed by atoms with E-state index in [1.165, 1.54) is 11.6 Å². The Bertz CT molecular complexity index is 1190. The van der Waals surface area contributed by atoms with Gasteiger partial charge in [0.05, 0.1) is 21.6 Å². The number of hydrogen-bond acceptors (Lipinski definition) is 7. The van der Waals surface area contributed by atoms with Gasteiger partial charge in [0.1, 0.15) is 16.9 Å². The molecule has 2 aromatic rings. The molecule has 1 amide bonds. The number of rotatable bonds is 11. The monoisotopic (exact) mass is 550 g/mol. The lowest BCUT2D eigenvalue weighted by molar-refractivity contribution is -0.384. The zero-order valence-electron chi connectivity index (χ0n) is 20.0. The number of pyridine rings is 1. The number of ether oxygens (including phenoxy) is 1. The summed E-state index contributed by atoms with van der Waals surface area (Å²) in [6.45, 7) is 1.11. The topological polar surface area (TPSA) is 144 Å². The summed E-state index contributed by atoms with van der Waals surface area (Å²) in [5, 5.41) is 25.8. The number of halogens is 2. The van der Waals surface area contributed by atoms with Gasteiger partial charge in [-0.3, -0.25) is 14.9 Å². The second kappa shape index (κ2) is 12.1. The van der Waals surface area contributed by atoms with Gasteiger partial charge >= 0.3 is 5.97 Å². The predicted octanol–water partition coefficient (Wildman–Crippen LogP) is 4.66. The molecule has 1 fully saturated rings. The largest absolute Gasteiger partial charge is 0.480 e. The van der Waals surface area contributed by atoms with Crippen molar-refractivity contribution in [3.8, 4) is 0 Å². The molecule has 198 valence electrons. The first-order valence-corrected chi connectivity index (χ1v) is 13.0. The van der Waals surface area contributed by atoms with E-state index in [4.69, 9.17) is 32.9 Å². The first-order valence-electron chi connectivity index (χ1n) is 12.2. The Balaban J connectivity index is 1.20. The molecule has 0 spiro atoms. The molecule has 2 heterocycles. The van der Waals surface area contributed by atoms with Crippen LogP contribution in [-0.4, -0.2) is 52.2 Å². The zero-order chi connectivity index (χ0) is 26.5. The van der Waals surface area contributed by atoms with E-state index in [-0.39, 0.29) is 29.7 Å². The standard InChI is InChI=1S/C25H28Cl2N4O6/c26-18-7-8-20(31(35)36)22(27)21(18)24(32)30-19(25(33)34)9-11-37-17-12-14(13-17)3-5-16-6-4-15-2-1-10-28-23(15)29-16/h4,6-8,14,17,19H,1-3,5,9-13H2,(H,28,29)(H,30,32)(H,33,34)/t14-,17+,19-/m0/s1. The highest BCUT2D eigenvalue weighted by molar-refractivity contribution is 6.41. The normalized spacial score (nSPS) is 19.2. The van der Waals surface area contributed by atoms with Crippen LogP contribution in [0.25, 0.3) is 0 Å². The fourth-order valence-electron chi connectivity index (χ4n) is 4.64. The fourth-order valence-corrected chi connectivity index (χ4v) is 5.25. The molecule has 0 saturated heterocycles. The number of carbonyl (C=O) groups is 2. The number of carboxylic acids is 1. The van der Waals surface area contributed by atoms with Crippen LogP contribution in [0.15, 0.2) is 24.3 Å². The molecule has 10 nitrogen and oxygen atoms in total. The maximum Gasteiger partial charge on any atom is 0.326 e. The summed E-state index contributed by atoms with van der Waals surface area (Å²) in [5.74, 6) is -0.619. The van der Waals surface area contributed by atoms with Gasteiger partial charge in [-0.1, -0.05) is 29.3 Å². The van der Waals surface area contributed by atoms with Gasteiger partial charge in [0.2, 0.25) is 0 Å². The van der Waals surface area contributed by atoms with E-state index < -0.39 is 33.6 Å². The molecule has 1 atom stereocenters. The highest BCUT2D eigenvalue weighted by atomic mass is 35.5. The van der Waals surface area contributed by atoms with Gasteiger partial charge < -0.3 is 20.5 Å². The number of hydrogen-bond donors (Lipinski definition) is 3.